The van der Waals surface area contributed by atoms with Crippen LogP contribution in [-0.2, 0) is 4.79 Å². The van der Waals surface area contributed by atoms with Crippen molar-refractivity contribution < 1.29 is 9.90 Å². The number of allylic oxidation sites excluding steroid dienone is 3. The fraction of sp³-hybridized carbons (Fsp3) is 0.444. The minimum atomic E-state index is -0.556. The number of Topliss-reactive ketones (excluding diaryl/α,β-unsaturated/α-hetero) is 1. The molecule has 0 aromatic carbocycles. The average Bonchev–Trinajstić information content (AvgIpc) is 2.26. The molecule has 0 aromatic rings. The van der Waals surface area contributed by atoms with E-state index in [2.05, 4.69) is 0 Å². The van der Waals surface area contributed by atoms with E-state index in [4.69, 9.17) is 5.11 Å². The number of carbonyl (C=O) groups is 1. The Morgan fingerprint density at radius 1 is 1.82 bits per heavy atom. The summed E-state index contributed by atoms with van der Waals surface area (Å²) in [7, 11) is 0. The lowest BCUT2D eigenvalue weighted by molar-refractivity contribution is -0.115. The first-order valence-corrected chi connectivity index (χ1v) is 3.83. The summed E-state index contributed by atoms with van der Waals surface area (Å²) in [5, 5.41) is 9.04. The van der Waals surface area contributed by atoms with E-state index < -0.39 is 6.10 Å². The molecule has 0 saturated carbocycles. The van der Waals surface area contributed by atoms with Gasteiger partial charge in [-0.15, -0.1) is 0 Å². The molecule has 1 aliphatic carbocycles. The number of hydrogen-bond acceptors (Lipinski definition) is 2. The third-order valence-electron chi connectivity index (χ3n) is 1.62. The van der Waals surface area contributed by atoms with Crippen molar-refractivity contribution in [3.05, 3.63) is 23.8 Å². The highest BCUT2D eigenvalue weighted by molar-refractivity contribution is 6.00. The number of hydrogen-bond donors (Lipinski definition) is 1. The van der Waals surface area contributed by atoms with Crippen LogP contribution in [0.5, 0.6) is 0 Å². The summed E-state index contributed by atoms with van der Waals surface area (Å²) < 4.78 is 0. The highest BCUT2D eigenvalue weighted by Gasteiger charge is 2.19. The maximum Gasteiger partial charge on any atom is 0.165 e. The second-order valence-corrected chi connectivity index (χ2v) is 2.63. The predicted octanol–water partition coefficient (Wildman–Crippen LogP) is 1.21. The van der Waals surface area contributed by atoms with Gasteiger partial charge in [-0.1, -0.05) is 19.1 Å². The van der Waals surface area contributed by atoms with Gasteiger partial charge in [0, 0.05) is 12.0 Å². The van der Waals surface area contributed by atoms with Crippen LogP contribution in [0.15, 0.2) is 23.8 Å². The lowest BCUT2D eigenvalue weighted by Gasteiger charge is -1.89. The SMILES string of the molecule is CCC=CC1=CC(O)CC1=O. The minimum Gasteiger partial charge on any atom is -0.389 e. The fourth-order valence-corrected chi connectivity index (χ4v) is 1.06. The molecule has 11 heavy (non-hydrogen) atoms. The van der Waals surface area contributed by atoms with Crippen molar-refractivity contribution in [3.63, 3.8) is 0 Å². The maximum absolute atomic E-state index is 11.0. The molecule has 0 bridgehead atoms. The lowest BCUT2D eigenvalue weighted by Crippen LogP contribution is -2.00. The maximum atomic E-state index is 11.0. The van der Waals surface area contributed by atoms with E-state index in [1.54, 1.807) is 12.2 Å². The second-order valence-electron chi connectivity index (χ2n) is 2.63. The Balaban J connectivity index is 2.64. The van der Waals surface area contributed by atoms with Crippen molar-refractivity contribution in [2.24, 2.45) is 0 Å². The van der Waals surface area contributed by atoms with Crippen LogP contribution in [0.4, 0.5) is 0 Å². The molecule has 60 valence electrons. The summed E-state index contributed by atoms with van der Waals surface area (Å²) in [6.07, 6.45) is 5.91. The van der Waals surface area contributed by atoms with E-state index in [9.17, 15) is 4.79 Å². The molecule has 0 aliphatic heterocycles. The molecule has 0 amide bonds. The predicted molar refractivity (Wildman–Crippen MR) is 43.1 cm³/mol. The van der Waals surface area contributed by atoms with E-state index in [-0.39, 0.29) is 12.2 Å². The molecule has 0 heterocycles. The van der Waals surface area contributed by atoms with E-state index in [1.807, 2.05) is 13.0 Å². The number of carbonyl (C=O) groups excluding carboxylic acids is 1. The van der Waals surface area contributed by atoms with Crippen LogP contribution in [0.2, 0.25) is 0 Å². The van der Waals surface area contributed by atoms with Crippen LogP contribution in [-0.4, -0.2) is 17.0 Å². The van der Waals surface area contributed by atoms with E-state index >= 15 is 0 Å². The molecule has 0 saturated heterocycles. The summed E-state index contributed by atoms with van der Waals surface area (Å²) in [4.78, 5) is 11.0. The first kappa shape index (κ1) is 8.21. The van der Waals surface area contributed by atoms with Crippen molar-refractivity contribution in [1.82, 2.24) is 0 Å². The largest absolute Gasteiger partial charge is 0.389 e. The van der Waals surface area contributed by atoms with Gasteiger partial charge in [-0.05, 0) is 12.5 Å². The van der Waals surface area contributed by atoms with Crippen LogP contribution in [0.3, 0.4) is 0 Å². The van der Waals surface area contributed by atoms with Gasteiger partial charge in [-0.2, -0.15) is 0 Å². The molecule has 1 unspecified atom stereocenters. The van der Waals surface area contributed by atoms with Crippen molar-refractivity contribution in [2.45, 2.75) is 25.9 Å². The van der Waals surface area contributed by atoms with Gasteiger partial charge in [0.1, 0.15) is 0 Å². The van der Waals surface area contributed by atoms with E-state index in [1.165, 1.54) is 0 Å². The van der Waals surface area contributed by atoms with Crippen molar-refractivity contribution >= 4 is 5.78 Å². The monoisotopic (exact) mass is 152 g/mol. The summed E-state index contributed by atoms with van der Waals surface area (Å²) in [5.41, 5.74) is 0.652. The number of ketones is 1. The van der Waals surface area contributed by atoms with E-state index in [0.717, 1.165) is 6.42 Å². The quantitative estimate of drug-likeness (QED) is 0.645. The highest BCUT2D eigenvalue weighted by Crippen LogP contribution is 2.15. The first-order valence-electron chi connectivity index (χ1n) is 3.83. The van der Waals surface area contributed by atoms with Crippen LogP contribution < -0.4 is 0 Å². The Labute approximate surface area is 66.2 Å². The molecule has 1 N–H and O–H groups in total. The van der Waals surface area contributed by atoms with Crippen LogP contribution >= 0.6 is 0 Å². The zero-order valence-corrected chi connectivity index (χ0v) is 6.58. The van der Waals surface area contributed by atoms with Gasteiger partial charge in [0.2, 0.25) is 0 Å². The molecule has 1 rings (SSSR count). The Kier molecular flexibility index (Phi) is 2.60. The third kappa shape index (κ3) is 2.02. The smallest absolute Gasteiger partial charge is 0.165 e. The van der Waals surface area contributed by atoms with Crippen LogP contribution in [0, 0.1) is 0 Å². The normalized spacial score (nSPS) is 24.7. The molecule has 2 heteroatoms. The standard InChI is InChI=1S/C9H12O2/c1-2-3-4-7-5-8(10)6-9(7)11/h3-5,8,10H,2,6H2,1H3. The highest BCUT2D eigenvalue weighted by atomic mass is 16.3. The fourth-order valence-electron chi connectivity index (χ4n) is 1.06. The molecule has 1 atom stereocenters. The molecule has 0 aromatic heterocycles. The summed E-state index contributed by atoms with van der Waals surface area (Å²) in [6.45, 7) is 2.01. The van der Waals surface area contributed by atoms with Gasteiger partial charge in [-0.25, -0.2) is 0 Å². The Morgan fingerprint density at radius 3 is 3.00 bits per heavy atom. The molecule has 1 aliphatic rings. The lowest BCUT2D eigenvalue weighted by atomic mass is 10.2. The molecule has 0 spiro atoms. The number of aliphatic hydroxyl groups is 1. The molecule has 2 nitrogen and oxygen atoms in total. The second kappa shape index (κ2) is 3.49. The molecule has 0 radical (unpaired) electrons. The van der Waals surface area contributed by atoms with Crippen LogP contribution in [0.25, 0.3) is 0 Å². The minimum absolute atomic E-state index is 0.0437. The van der Waals surface area contributed by atoms with Gasteiger partial charge in [0.25, 0.3) is 0 Å². The first-order chi connectivity index (χ1) is 5.24. The third-order valence-corrected chi connectivity index (χ3v) is 1.62. The topological polar surface area (TPSA) is 37.3 Å². The Hall–Kier alpha value is -0.890. The zero-order chi connectivity index (χ0) is 8.27. The summed E-state index contributed by atoms with van der Waals surface area (Å²) in [6, 6.07) is 0. The summed E-state index contributed by atoms with van der Waals surface area (Å²) >= 11 is 0. The molecular formula is C9H12O2. The molecular weight excluding hydrogens is 140 g/mol. The van der Waals surface area contributed by atoms with Gasteiger partial charge in [-0.3, -0.25) is 4.79 Å². The van der Waals surface area contributed by atoms with Crippen molar-refractivity contribution in [1.29, 1.82) is 0 Å². The van der Waals surface area contributed by atoms with Crippen molar-refractivity contribution in [2.75, 3.05) is 0 Å². The zero-order valence-electron chi connectivity index (χ0n) is 6.58. The van der Waals surface area contributed by atoms with Crippen molar-refractivity contribution in [3.8, 4) is 0 Å². The Bertz CT molecular complexity index is 214. The van der Waals surface area contributed by atoms with Gasteiger partial charge in [0.15, 0.2) is 5.78 Å². The molecule has 0 fully saturated rings. The van der Waals surface area contributed by atoms with Gasteiger partial charge >= 0.3 is 0 Å². The number of rotatable bonds is 2. The summed E-state index contributed by atoms with van der Waals surface area (Å²) in [5.74, 6) is 0.0437. The Morgan fingerprint density at radius 2 is 2.55 bits per heavy atom. The average molecular weight is 152 g/mol. The number of aliphatic hydroxyl groups excluding tert-OH is 1. The van der Waals surface area contributed by atoms with Crippen LogP contribution in [0.1, 0.15) is 19.8 Å². The van der Waals surface area contributed by atoms with E-state index in [0.29, 0.717) is 5.57 Å². The van der Waals surface area contributed by atoms with Gasteiger partial charge in [0.05, 0.1) is 6.10 Å². The van der Waals surface area contributed by atoms with Gasteiger partial charge < -0.3 is 5.11 Å².